The van der Waals surface area contributed by atoms with Crippen LogP contribution in [0.25, 0.3) is 0 Å². The first-order valence-corrected chi connectivity index (χ1v) is 7.21. The number of aliphatic imine (C=N–C) groups is 1. The second kappa shape index (κ2) is 7.78. The van der Waals surface area contributed by atoms with Crippen LogP contribution in [0.3, 0.4) is 0 Å². The maximum atomic E-state index is 8.95. The van der Waals surface area contributed by atoms with Gasteiger partial charge in [-0.1, -0.05) is 0 Å². The minimum atomic E-state index is -0.349. The number of morpholine rings is 1. The molecule has 7 nitrogen and oxygen atoms in total. The summed E-state index contributed by atoms with van der Waals surface area (Å²) in [5.74, 6) is 0.548. The summed E-state index contributed by atoms with van der Waals surface area (Å²) in [6.45, 7) is 5.13. The van der Waals surface area contributed by atoms with Gasteiger partial charge < -0.3 is 30.0 Å². The molecule has 116 valence electrons. The van der Waals surface area contributed by atoms with Crippen LogP contribution in [0.5, 0.6) is 0 Å². The molecule has 20 heavy (non-hydrogen) atoms. The monoisotopic (exact) mass is 287 g/mol. The summed E-state index contributed by atoms with van der Waals surface area (Å²) in [4.78, 5) is 6.53. The molecule has 2 saturated heterocycles. The third-order valence-electron chi connectivity index (χ3n) is 3.77. The van der Waals surface area contributed by atoms with Crippen LogP contribution in [-0.2, 0) is 14.2 Å². The normalized spacial score (nSPS) is 23.9. The van der Waals surface area contributed by atoms with Crippen LogP contribution in [0.2, 0.25) is 0 Å². The molecule has 7 heteroatoms. The first-order valence-electron chi connectivity index (χ1n) is 7.21. The van der Waals surface area contributed by atoms with Crippen molar-refractivity contribution in [1.29, 1.82) is 0 Å². The lowest BCUT2D eigenvalue weighted by atomic mass is 9.94. The smallest absolute Gasteiger partial charge is 0.191 e. The predicted molar refractivity (Wildman–Crippen MR) is 74.7 cm³/mol. The standard InChI is InChI=1S/C13H25N3O4/c14-12(16-3-8-19-9-4-16)15-11-13(20-10-5-17)1-6-18-7-2-13/h17H,1-11H2,(H2,14,15). The van der Waals surface area contributed by atoms with E-state index >= 15 is 0 Å². The third kappa shape index (κ3) is 4.31. The van der Waals surface area contributed by atoms with Gasteiger partial charge in [0.2, 0.25) is 0 Å². The van der Waals surface area contributed by atoms with E-state index in [-0.39, 0.29) is 12.2 Å². The first kappa shape index (κ1) is 15.5. The number of guanidine groups is 1. The second-order valence-electron chi connectivity index (χ2n) is 5.14. The van der Waals surface area contributed by atoms with E-state index in [1.807, 2.05) is 4.90 Å². The molecule has 3 N–H and O–H groups in total. The Morgan fingerprint density at radius 3 is 2.50 bits per heavy atom. The highest BCUT2D eigenvalue weighted by atomic mass is 16.5. The average molecular weight is 287 g/mol. The average Bonchev–Trinajstić information content (AvgIpc) is 2.52. The van der Waals surface area contributed by atoms with E-state index in [1.54, 1.807) is 0 Å². The van der Waals surface area contributed by atoms with Crippen molar-refractivity contribution in [2.45, 2.75) is 18.4 Å². The van der Waals surface area contributed by atoms with Crippen molar-refractivity contribution in [3.05, 3.63) is 0 Å². The molecule has 2 rings (SSSR count). The van der Waals surface area contributed by atoms with Crippen molar-refractivity contribution in [1.82, 2.24) is 4.90 Å². The van der Waals surface area contributed by atoms with E-state index in [2.05, 4.69) is 4.99 Å². The van der Waals surface area contributed by atoms with Gasteiger partial charge in [0, 0.05) is 39.1 Å². The summed E-state index contributed by atoms with van der Waals surface area (Å²) in [5.41, 5.74) is 5.69. The molecule has 2 aliphatic heterocycles. The zero-order valence-electron chi connectivity index (χ0n) is 11.9. The molecule has 2 heterocycles. The molecule has 0 aliphatic carbocycles. The van der Waals surface area contributed by atoms with Gasteiger partial charge in [-0.2, -0.15) is 0 Å². The van der Waals surface area contributed by atoms with Gasteiger partial charge in [-0.05, 0) is 0 Å². The van der Waals surface area contributed by atoms with E-state index in [0.717, 1.165) is 25.9 Å². The summed E-state index contributed by atoms with van der Waals surface area (Å²) in [7, 11) is 0. The van der Waals surface area contributed by atoms with Gasteiger partial charge in [-0.25, -0.2) is 0 Å². The first-order chi connectivity index (χ1) is 9.76. The van der Waals surface area contributed by atoms with Crippen LogP contribution >= 0.6 is 0 Å². The van der Waals surface area contributed by atoms with Crippen LogP contribution < -0.4 is 5.73 Å². The Bertz CT molecular complexity index is 313. The van der Waals surface area contributed by atoms with Crippen molar-refractivity contribution < 1.29 is 19.3 Å². The second-order valence-corrected chi connectivity index (χ2v) is 5.14. The summed E-state index contributed by atoms with van der Waals surface area (Å²) >= 11 is 0. The van der Waals surface area contributed by atoms with Crippen LogP contribution in [0, 0.1) is 0 Å². The quantitative estimate of drug-likeness (QED) is 0.508. The van der Waals surface area contributed by atoms with Gasteiger partial charge in [0.05, 0.1) is 38.6 Å². The van der Waals surface area contributed by atoms with Crippen molar-refractivity contribution in [2.75, 3.05) is 59.3 Å². The Morgan fingerprint density at radius 2 is 1.85 bits per heavy atom. The molecule has 0 bridgehead atoms. The highest BCUT2D eigenvalue weighted by Crippen LogP contribution is 2.25. The number of aliphatic hydroxyl groups excluding tert-OH is 1. The Kier molecular flexibility index (Phi) is 6.03. The number of hydrogen-bond donors (Lipinski definition) is 2. The maximum Gasteiger partial charge on any atom is 0.191 e. The third-order valence-corrected chi connectivity index (χ3v) is 3.77. The van der Waals surface area contributed by atoms with Gasteiger partial charge >= 0.3 is 0 Å². The van der Waals surface area contributed by atoms with Gasteiger partial charge in [0.25, 0.3) is 0 Å². The van der Waals surface area contributed by atoms with E-state index in [9.17, 15) is 0 Å². The summed E-state index contributed by atoms with van der Waals surface area (Å²) in [6, 6.07) is 0. The number of hydrogen-bond acceptors (Lipinski definition) is 5. The van der Waals surface area contributed by atoms with E-state index in [0.29, 0.717) is 45.5 Å². The maximum absolute atomic E-state index is 8.95. The molecule has 2 fully saturated rings. The molecule has 0 amide bonds. The fourth-order valence-electron chi connectivity index (χ4n) is 2.47. The van der Waals surface area contributed by atoms with Crippen molar-refractivity contribution in [3.8, 4) is 0 Å². The van der Waals surface area contributed by atoms with Gasteiger partial charge in [-0.15, -0.1) is 0 Å². The Morgan fingerprint density at radius 1 is 1.20 bits per heavy atom. The molecule has 0 radical (unpaired) electrons. The highest BCUT2D eigenvalue weighted by Gasteiger charge is 2.33. The molecular weight excluding hydrogens is 262 g/mol. The minimum absolute atomic E-state index is 0.0191. The molecule has 0 aromatic heterocycles. The number of aliphatic hydroxyl groups is 1. The number of nitrogens with two attached hydrogens (primary N) is 1. The van der Waals surface area contributed by atoms with Gasteiger partial charge in [0.15, 0.2) is 5.96 Å². The van der Waals surface area contributed by atoms with Crippen molar-refractivity contribution in [2.24, 2.45) is 10.7 Å². The van der Waals surface area contributed by atoms with Crippen LogP contribution in [0.15, 0.2) is 4.99 Å². The fraction of sp³-hybridized carbons (Fsp3) is 0.923. The number of nitrogens with zero attached hydrogens (tertiary/aromatic N) is 2. The molecule has 0 saturated carbocycles. The summed E-state index contributed by atoms with van der Waals surface area (Å²) in [6.07, 6.45) is 1.57. The Balaban J connectivity index is 1.92. The predicted octanol–water partition coefficient (Wildman–Crippen LogP) is -0.809. The zero-order valence-corrected chi connectivity index (χ0v) is 11.9. The lowest BCUT2D eigenvalue weighted by molar-refractivity contribution is -0.111. The summed E-state index contributed by atoms with van der Waals surface area (Å²) in [5, 5.41) is 8.95. The zero-order chi connectivity index (χ0) is 14.3. The SMILES string of the molecule is NC(=NCC1(OCCO)CCOCC1)N1CCOCC1. The fourth-order valence-corrected chi connectivity index (χ4v) is 2.47. The molecule has 0 unspecified atom stereocenters. The molecule has 0 aromatic rings. The Hall–Kier alpha value is -0.890. The van der Waals surface area contributed by atoms with E-state index in [1.165, 1.54) is 0 Å². The molecule has 0 spiro atoms. The van der Waals surface area contributed by atoms with E-state index < -0.39 is 0 Å². The minimum Gasteiger partial charge on any atom is -0.394 e. The molecule has 0 aromatic carbocycles. The lowest BCUT2D eigenvalue weighted by Gasteiger charge is -2.36. The number of rotatable bonds is 5. The largest absolute Gasteiger partial charge is 0.394 e. The number of ether oxygens (including phenoxy) is 3. The molecular formula is C13H25N3O4. The summed E-state index contributed by atoms with van der Waals surface area (Å²) < 4.78 is 16.5. The van der Waals surface area contributed by atoms with Gasteiger partial charge in [0.1, 0.15) is 0 Å². The lowest BCUT2D eigenvalue weighted by Crippen LogP contribution is -2.47. The van der Waals surface area contributed by atoms with Crippen molar-refractivity contribution >= 4 is 5.96 Å². The molecule has 2 aliphatic rings. The van der Waals surface area contributed by atoms with E-state index in [4.69, 9.17) is 25.1 Å². The van der Waals surface area contributed by atoms with Crippen LogP contribution in [0.1, 0.15) is 12.8 Å². The van der Waals surface area contributed by atoms with Gasteiger partial charge in [-0.3, -0.25) is 4.99 Å². The highest BCUT2D eigenvalue weighted by molar-refractivity contribution is 5.78. The molecule has 0 atom stereocenters. The van der Waals surface area contributed by atoms with Crippen LogP contribution in [0.4, 0.5) is 0 Å². The topological polar surface area (TPSA) is 89.5 Å². The van der Waals surface area contributed by atoms with Crippen molar-refractivity contribution in [3.63, 3.8) is 0 Å². The Labute approximate surface area is 119 Å². The van der Waals surface area contributed by atoms with Crippen LogP contribution in [-0.4, -0.2) is 80.8 Å².